The number of aromatic nitrogens is 2. The lowest BCUT2D eigenvalue weighted by molar-refractivity contribution is 0.0960. The Hall–Kier alpha value is -0.830. The predicted molar refractivity (Wildman–Crippen MR) is 82.3 cm³/mol. The SMILES string of the molecule is CC1CC(C)CC(Oc2cc(Cl)nc(C(C)(C)C)n2)C1. The Kier molecular flexibility index (Phi) is 4.58. The highest BCUT2D eigenvalue weighted by Crippen LogP contribution is 2.32. The van der Waals surface area contributed by atoms with Gasteiger partial charge in [-0.2, -0.15) is 4.98 Å². The van der Waals surface area contributed by atoms with Crippen molar-refractivity contribution in [2.24, 2.45) is 11.8 Å². The molecule has 1 aliphatic carbocycles. The molecule has 2 unspecified atom stereocenters. The zero-order chi connectivity index (χ0) is 14.9. The summed E-state index contributed by atoms with van der Waals surface area (Å²) in [7, 11) is 0. The number of halogens is 1. The van der Waals surface area contributed by atoms with Gasteiger partial charge in [0.1, 0.15) is 17.1 Å². The van der Waals surface area contributed by atoms with Crippen molar-refractivity contribution in [1.29, 1.82) is 0 Å². The van der Waals surface area contributed by atoms with Crippen LogP contribution >= 0.6 is 11.6 Å². The maximum absolute atomic E-state index is 6.10. The van der Waals surface area contributed by atoms with Gasteiger partial charge in [-0.1, -0.05) is 46.2 Å². The Morgan fingerprint density at radius 2 is 1.70 bits per heavy atom. The molecule has 1 aromatic heterocycles. The number of nitrogens with zero attached hydrogens (tertiary/aromatic N) is 2. The topological polar surface area (TPSA) is 35.0 Å². The molecule has 0 saturated heterocycles. The smallest absolute Gasteiger partial charge is 0.218 e. The summed E-state index contributed by atoms with van der Waals surface area (Å²) in [5.74, 6) is 2.77. The number of rotatable bonds is 2. The van der Waals surface area contributed by atoms with Crippen LogP contribution in [0.3, 0.4) is 0 Å². The molecule has 2 atom stereocenters. The molecule has 0 radical (unpaired) electrons. The molecular weight excluding hydrogens is 272 g/mol. The van der Waals surface area contributed by atoms with Crippen molar-refractivity contribution < 1.29 is 4.74 Å². The molecule has 1 fully saturated rings. The zero-order valence-corrected chi connectivity index (χ0v) is 13.9. The van der Waals surface area contributed by atoms with E-state index in [1.54, 1.807) is 6.07 Å². The molecule has 0 spiro atoms. The van der Waals surface area contributed by atoms with Crippen molar-refractivity contribution in [1.82, 2.24) is 9.97 Å². The molecule has 0 bridgehead atoms. The monoisotopic (exact) mass is 296 g/mol. The van der Waals surface area contributed by atoms with Crippen molar-refractivity contribution >= 4 is 11.6 Å². The molecule has 0 aromatic carbocycles. The average molecular weight is 297 g/mol. The quantitative estimate of drug-likeness (QED) is 0.746. The van der Waals surface area contributed by atoms with E-state index in [1.807, 2.05) is 0 Å². The van der Waals surface area contributed by atoms with Gasteiger partial charge in [0, 0.05) is 11.5 Å². The van der Waals surface area contributed by atoms with Crippen molar-refractivity contribution in [3.05, 3.63) is 17.0 Å². The summed E-state index contributed by atoms with van der Waals surface area (Å²) in [6.45, 7) is 10.8. The molecule has 1 saturated carbocycles. The van der Waals surface area contributed by atoms with Crippen LogP contribution in [0.1, 0.15) is 59.7 Å². The average Bonchev–Trinajstić information content (AvgIpc) is 2.25. The molecule has 0 amide bonds. The van der Waals surface area contributed by atoms with E-state index in [9.17, 15) is 0 Å². The maximum atomic E-state index is 6.10. The van der Waals surface area contributed by atoms with Gasteiger partial charge in [-0.15, -0.1) is 0 Å². The van der Waals surface area contributed by atoms with Crippen LogP contribution in [-0.4, -0.2) is 16.1 Å². The van der Waals surface area contributed by atoms with Gasteiger partial charge in [-0.3, -0.25) is 0 Å². The Labute approximate surface area is 127 Å². The number of ether oxygens (including phenoxy) is 1. The third-order valence-corrected chi connectivity index (χ3v) is 3.96. The third-order valence-electron chi connectivity index (χ3n) is 3.76. The summed E-state index contributed by atoms with van der Waals surface area (Å²) >= 11 is 6.10. The van der Waals surface area contributed by atoms with Crippen molar-refractivity contribution in [2.75, 3.05) is 0 Å². The first-order valence-electron chi connectivity index (χ1n) is 7.45. The lowest BCUT2D eigenvalue weighted by Crippen LogP contribution is -2.29. The van der Waals surface area contributed by atoms with Gasteiger partial charge in [0.2, 0.25) is 5.88 Å². The van der Waals surface area contributed by atoms with E-state index < -0.39 is 0 Å². The predicted octanol–water partition coefficient (Wildman–Crippen LogP) is 4.63. The van der Waals surface area contributed by atoms with E-state index in [1.165, 1.54) is 6.42 Å². The second-order valence-corrected chi connectivity index (χ2v) is 7.65. The van der Waals surface area contributed by atoms with Crippen molar-refractivity contribution in [2.45, 2.75) is 65.4 Å². The van der Waals surface area contributed by atoms with E-state index in [-0.39, 0.29) is 11.5 Å². The molecule has 20 heavy (non-hydrogen) atoms. The molecule has 0 N–H and O–H groups in total. The standard InChI is InChI=1S/C16H25ClN2O/c1-10-6-11(2)8-12(7-10)20-14-9-13(17)18-15(19-14)16(3,4)5/h9-12H,6-8H2,1-5H3. The minimum Gasteiger partial charge on any atom is -0.474 e. The minimum absolute atomic E-state index is 0.129. The summed E-state index contributed by atoms with van der Waals surface area (Å²) in [4.78, 5) is 8.83. The zero-order valence-electron chi connectivity index (χ0n) is 13.1. The van der Waals surface area contributed by atoms with Crippen LogP contribution in [0.4, 0.5) is 0 Å². The maximum Gasteiger partial charge on any atom is 0.218 e. The van der Waals surface area contributed by atoms with Gasteiger partial charge in [0.15, 0.2) is 0 Å². The van der Waals surface area contributed by atoms with Crippen LogP contribution < -0.4 is 4.74 Å². The van der Waals surface area contributed by atoms with Crippen molar-refractivity contribution in [3.8, 4) is 5.88 Å². The highest BCUT2D eigenvalue weighted by atomic mass is 35.5. The Morgan fingerprint density at radius 1 is 1.10 bits per heavy atom. The van der Waals surface area contributed by atoms with Gasteiger partial charge < -0.3 is 4.74 Å². The fraction of sp³-hybridized carbons (Fsp3) is 0.750. The first-order valence-corrected chi connectivity index (χ1v) is 7.83. The first kappa shape index (κ1) is 15.6. The molecule has 112 valence electrons. The normalized spacial score (nSPS) is 27.4. The molecule has 3 nitrogen and oxygen atoms in total. The number of hydrogen-bond donors (Lipinski definition) is 0. The highest BCUT2D eigenvalue weighted by Gasteiger charge is 2.26. The second-order valence-electron chi connectivity index (χ2n) is 7.26. The molecule has 0 aliphatic heterocycles. The lowest BCUT2D eigenvalue weighted by atomic mass is 9.82. The molecule has 1 aromatic rings. The van der Waals surface area contributed by atoms with E-state index in [0.717, 1.165) is 18.7 Å². The van der Waals surface area contributed by atoms with Crippen LogP contribution in [0.25, 0.3) is 0 Å². The van der Waals surface area contributed by atoms with Gasteiger partial charge in [-0.25, -0.2) is 4.98 Å². The lowest BCUT2D eigenvalue weighted by Gasteiger charge is -2.31. The summed E-state index contributed by atoms with van der Waals surface area (Å²) < 4.78 is 6.08. The van der Waals surface area contributed by atoms with Crippen LogP contribution in [-0.2, 0) is 5.41 Å². The summed E-state index contributed by atoms with van der Waals surface area (Å²) in [6, 6.07) is 1.72. The molecular formula is C16H25ClN2O. The van der Waals surface area contributed by atoms with Gasteiger partial charge in [-0.05, 0) is 31.1 Å². The third kappa shape index (κ3) is 4.08. The summed E-state index contributed by atoms with van der Waals surface area (Å²) in [6.07, 6.45) is 3.72. The van der Waals surface area contributed by atoms with Crippen LogP contribution in [0.2, 0.25) is 5.15 Å². The highest BCUT2D eigenvalue weighted by molar-refractivity contribution is 6.29. The summed E-state index contributed by atoms with van der Waals surface area (Å²) in [5, 5.41) is 0.455. The Bertz CT molecular complexity index is 460. The largest absolute Gasteiger partial charge is 0.474 e. The fourth-order valence-electron chi connectivity index (χ4n) is 2.93. The van der Waals surface area contributed by atoms with E-state index in [2.05, 4.69) is 44.6 Å². The van der Waals surface area contributed by atoms with Crippen molar-refractivity contribution in [3.63, 3.8) is 0 Å². The first-order chi connectivity index (χ1) is 9.24. The Morgan fingerprint density at radius 3 is 2.25 bits per heavy atom. The number of hydrogen-bond acceptors (Lipinski definition) is 3. The van der Waals surface area contributed by atoms with Gasteiger partial charge in [0.05, 0.1) is 0 Å². The Balaban J connectivity index is 2.15. The van der Waals surface area contributed by atoms with E-state index in [0.29, 0.717) is 22.9 Å². The second kappa shape index (κ2) is 5.88. The van der Waals surface area contributed by atoms with E-state index >= 15 is 0 Å². The summed E-state index contributed by atoms with van der Waals surface area (Å²) in [5.41, 5.74) is -0.129. The van der Waals surface area contributed by atoms with Gasteiger partial charge in [0.25, 0.3) is 0 Å². The van der Waals surface area contributed by atoms with Crippen LogP contribution in [0, 0.1) is 11.8 Å². The van der Waals surface area contributed by atoms with E-state index in [4.69, 9.17) is 16.3 Å². The van der Waals surface area contributed by atoms with Gasteiger partial charge >= 0.3 is 0 Å². The van der Waals surface area contributed by atoms with Crippen LogP contribution in [0.15, 0.2) is 6.07 Å². The fourth-order valence-corrected chi connectivity index (χ4v) is 3.11. The molecule has 4 heteroatoms. The molecule has 1 aliphatic rings. The van der Waals surface area contributed by atoms with Crippen LogP contribution in [0.5, 0.6) is 5.88 Å². The molecule has 2 rings (SSSR count). The minimum atomic E-state index is -0.129. The molecule has 1 heterocycles.